The molecule has 2 aliphatic rings. The predicted molar refractivity (Wildman–Crippen MR) is 98.7 cm³/mol. The Labute approximate surface area is 156 Å². The summed E-state index contributed by atoms with van der Waals surface area (Å²) in [5.41, 5.74) is 0. The molecule has 0 saturated carbocycles. The predicted octanol–water partition coefficient (Wildman–Crippen LogP) is 2.17. The zero-order valence-electron chi connectivity index (χ0n) is 16.2. The third kappa shape index (κ3) is 5.61. The van der Waals surface area contributed by atoms with Crippen LogP contribution in [0.1, 0.15) is 52.9 Å². The van der Waals surface area contributed by atoms with Crippen molar-refractivity contribution < 1.29 is 19.5 Å². The Hall–Kier alpha value is -1.79. The standard InChI is InChI=1S/C19H33N3O4/c1-13(2)10-20-19(26)21-8-4-5-15(11-21)9-17(23)22-12-16(18(24)25)7-6-14(22)3/h13-16H,4-12H2,1-3H3,(H,20,26)(H,24,25). The number of amides is 3. The fourth-order valence-corrected chi connectivity index (χ4v) is 3.84. The van der Waals surface area contributed by atoms with Gasteiger partial charge in [-0.15, -0.1) is 0 Å². The number of nitrogens with one attached hydrogen (secondary N) is 1. The number of carbonyl (C=O) groups is 3. The molecule has 7 heteroatoms. The van der Waals surface area contributed by atoms with Gasteiger partial charge in [-0.05, 0) is 44.4 Å². The summed E-state index contributed by atoms with van der Waals surface area (Å²) in [6.07, 6.45) is 3.60. The minimum atomic E-state index is -0.819. The molecule has 0 aliphatic carbocycles. The van der Waals surface area contributed by atoms with E-state index in [1.54, 1.807) is 4.90 Å². The molecule has 148 valence electrons. The molecule has 0 aromatic heterocycles. The van der Waals surface area contributed by atoms with Crippen molar-refractivity contribution in [1.29, 1.82) is 0 Å². The fraction of sp³-hybridized carbons (Fsp3) is 0.842. The van der Waals surface area contributed by atoms with E-state index in [0.29, 0.717) is 38.4 Å². The number of carboxylic acids is 1. The summed E-state index contributed by atoms with van der Waals surface area (Å²) in [6.45, 7) is 8.39. The van der Waals surface area contributed by atoms with Gasteiger partial charge in [0.1, 0.15) is 0 Å². The molecule has 0 spiro atoms. The molecule has 2 heterocycles. The van der Waals surface area contributed by atoms with E-state index in [1.807, 2.05) is 11.8 Å². The molecular weight excluding hydrogens is 334 g/mol. The minimum Gasteiger partial charge on any atom is -0.481 e. The molecule has 3 amide bonds. The van der Waals surface area contributed by atoms with Crippen molar-refractivity contribution in [1.82, 2.24) is 15.1 Å². The Kier molecular flexibility index (Phi) is 7.29. The van der Waals surface area contributed by atoms with Gasteiger partial charge in [0.25, 0.3) is 0 Å². The molecule has 0 bridgehead atoms. The molecule has 2 saturated heterocycles. The van der Waals surface area contributed by atoms with E-state index < -0.39 is 11.9 Å². The Morgan fingerprint density at radius 3 is 2.54 bits per heavy atom. The fourth-order valence-electron chi connectivity index (χ4n) is 3.84. The van der Waals surface area contributed by atoms with Crippen LogP contribution in [0.3, 0.4) is 0 Å². The quantitative estimate of drug-likeness (QED) is 0.779. The van der Waals surface area contributed by atoms with Crippen LogP contribution in [0.15, 0.2) is 0 Å². The number of likely N-dealkylation sites (tertiary alicyclic amines) is 2. The molecule has 26 heavy (non-hydrogen) atoms. The second kappa shape index (κ2) is 9.24. The first-order chi connectivity index (χ1) is 12.3. The highest BCUT2D eigenvalue weighted by Gasteiger charge is 2.34. The summed E-state index contributed by atoms with van der Waals surface area (Å²) in [5.74, 6) is -0.694. The maximum absolute atomic E-state index is 12.8. The van der Waals surface area contributed by atoms with Crippen LogP contribution in [0, 0.1) is 17.8 Å². The van der Waals surface area contributed by atoms with Gasteiger partial charge >= 0.3 is 12.0 Å². The van der Waals surface area contributed by atoms with E-state index in [4.69, 9.17) is 0 Å². The summed E-state index contributed by atoms with van der Waals surface area (Å²) in [4.78, 5) is 39.8. The molecule has 2 fully saturated rings. The van der Waals surface area contributed by atoms with Crippen LogP contribution >= 0.6 is 0 Å². The van der Waals surface area contributed by atoms with E-state index >= 15 is 0 Å². The third-order valence-corrected chi connectivity index (χ3v) is 5.48. The van der Waals surface area contributed by atoms with Crippen LogP contribution in [-0.2, 0) is 9.59 Å². The SMILES string of the molecule is CC(C)CNC(=O)N1CCCC(CC(=O)N2CC(C(=O)O)CCC2C)C1. The van der Waals surface area contributed by atoms with Gasteiger partial charge in [0.2, 0.25) is 5.91 Å². The molecule has 0 aromatic rings. The molecule has 2 N–H and O–H groups in total. The summed E-state index contributed by atoms with van der Waals surface area (Å²) in [5, 5.41) is 12.2. The Balaban J connectivity index is 1.87. The number of hydrogen-bond donors (Lipinski definition) is 2. The van der Waals surface area contributed by atoms with Gasteiger partial charge < -0.3 is 20.2 Å². The Bertz CT molecular complexity index is 523. The molecule has 2 rings (SSSR count). The second-order valence-corrected chi connectivity index (χ2v) is 8.25. The van der Waals surface area contributed by atoms with Crippen molar-refractivity contribution in [3.63, 3.8) is 0 Å². The van der Waals surface area contributed by atoms with Crippen molar-refractivity contribution >= 4 is 17.9 Å². The maximum atomic E-state index is 12.8. The van der Waals surface area contributed by atoms with Crippen molar-refractivity contribution in [3.05, 3.63) is 0 Å². The van der Waals surface area contributed by atoms with Gasteiger partial charge in [-0.25, -0.2) is 4.79 Å². The topological polar surface area (TPSA) is 90.0 Å². The Morgan fingerprint density at radius 1 is 1.15 bits per heavy atom. The lowest BCUT2D eigenvalue weighted by molar-refractivity contribution is -0.147. The van der Waals surface area contributed by atoms with E-state index in [9.17, 15) is 19.5 Å². The second-order valence-electron chi connectivity index (χ2n) is 8.25. The van der Waals surface area contributed by atoms with Gasteiger partial charge in [0.05, 0.1) is 5.92 Å². The Morgan fingerprint density at radius 2 is 1.88 bits per heavy atom. The number of carboxylic acid groups (broad SMARTS) is 1. The summed E-state index contributed by atoms with van der Waals surface area (Å²) < 4.78 is 0. The molecule has 0 aromatic carbocycles. The first kappa shape index (κ1) is 20.5. The number of nitrogens with zero attached hydrogens (tertiary/aromatic N) is 2. The zero-order chi connectivity index (χ0) is 19.3. The summed E-state index contributed by atoms with van der Waals surface area (Å²) in [6, 6.07) is 0.0419. The van der Waals surface area contributed by atoms with E-state index in [2.05, 4.69) is 19.2 Å². The van der Waals surface area contributed by atoms with Gasteiger partial charge in [-0.2, -0.15) is 0 Å². The van der Waals surface area contributed by atoms with Gasteiger partial charge in [0, 0.05) is 38.6 Å². The maximum Gasteiger partial charge on any atom is 0.317 e. The largest absolute Gasteiger partial charge is 0.481 e. The van der Waals surface area contributed by atoms with Crippen LogP contribution in [0.25, 0.3) is 0 Å². The highest BCUT2D eigenvalue weighted by atomic mass is 16.4. The van der Waals surface area contributed by atoms with Crippen molar-refractivity contribution in [2.24, 2.45) is 17.8 Å². The average molecular weight is 367 g/mol. The lowest BCUT2D eigenvalue weighted by atomic mass is 9.90. The van der Waals surface area contributed by atoms with Gasteiger partial charge in [-0.3, -0.25) is 9.59 Å². The lowest BCUT2D eigenvalue weighted by Crippen LogP contribution is -2.50. The number of aliphatic carboxylic acids is 1. The highest BCUT2D eigenvalue weighted by Crippen LogP contribution is 2.26. The van der Waals surface area contributed by atoms with Crippen LogP contribution in [0.5, 0.6) is 0 Å². The first-order valence-electron chi connectivity index (χ1n) is 9.83. The van der Waals surface area contributed by atoms with E-state index in [-0.39, 0.29) is 23.9 Å². The minimum absolute atomic E-state index is 0.0258. The zero-order valence-corrected chi connectivity index (χ0v) is 16.2. The summed E-state index contributed by atoms with van der Waals surface area (Å²) >= 11 is 0. The van der Waals surface area contributed by atoms with Gasteiger partial charge in [0.15, 0.2) is 0 Å². The number of hydrogen-bond acceptors (Lipinski definition) is 3. The van der Waals surface area contributed by atoms with Crippen LogP contribution in [-0.4, -0.2) is 65.0 Å². The molecule has 0 radical (unpaired) electrons. The number of piperidine rings is 2. The number of urea groups is 1. The molecule has 7 nitrogen and oxygen atoms in total. The molecule has 3 unspecified atom stereocenters. The molecule has 3 atom stereocenters. The van der Waals surface area contributed by atoms with E-state index in [1.165, 1.54) is 0 Å². The van der Waals surface area contributed by atoms with Crippen LogP contribution in [0.4, 0.5) is 4.79 Å². The normalized spacial score (nSPS) is 26.7. The highest BCUT2D eigenvalue weighted by molar-refractivity contribution is 5.79. The summed E-state index contributed by atoms with van der Waals surface area (Å²) in [7, 11) is 0. The average Bonchev–Trinajstić information content (AvgIpc) is 2.59. The monoisotopic (exact) mass is 367 g/mol. The number of rotatable bonds is 5. The number of carbonyl (C=O) groups excluding carboxylic acids is 2. The van der Waals surface area contributed by atoms with Crippen molar-refractivity contribution in [2.75, 3.05) is 26.2 Å². The van der Waals surface area contributed by atoms with Crippen molar-refractivity contribution in [2.45, 2.75) is 58.9 Å². The first-order valence-corrected chi connectivity index (χ1v) is 9.83. The van der Waals surface area contributed by atoms with Gasteiger partial charge in [-0.1, -0.05) is 13.8 Å². The lowest BCUT2D eigenvalue weighted by Gasteiger charge is -2.38. The van der Waals surface area contributed by atoms with E-state index in [0.717, 1.165) is 25.8 Å². The van der Waals surface area contributed by atoms with Crippen LogP contribution in [0.2, 0.25) is 0 Å². The van der Waals surface area contributed by atoms with Crippen molar-refractivity contribution in [3.8, 4) is 0 Å². The molecule has 2 aliphatic heterocycles. The smallest absolute Gasteiger partial charge is 0.317 e. The van der Waals surface area contributed by atoms with Crippen LogP contribution < -0.4 is 5.32 Å². The molecular formula is C19H33N3O4. The third-order valence-electron chi connectivity index (χ3n) is 5.48.